The monoisotopic (exact) mass is 250 g/mol. The highest BCUT2D eigenvalue weighted by molar-refractivity contribution is 7.91. The highest BCUT2D eigenvalue weighted by atomic mass is 35.5. The summed E-state index contributed by atoms with van der Waals surface area (Å²) in [6, 6.07) is 0. The van der Waals surface area contributed by atoms with Crippen LogP contribution < -0.4 is 5.56 Å². The molecule has 0 fully saturated rings. The van der Waals surface area contributed by atoms with Crippen molar-refractivity contribution in [3.63, 3.8) is 0 Å². The van der Waals surface area contributed by atoms with E-state index in [4.69, 9.17) is 11.6 Å². The molecule has 0 amide bonds. The molecule has 0 N–H and O–H groups in total. The molecule has 0 saturated heterocycles. The Morgan fingerprint density at radius 1 is 1.53 bits per heavy atom. The van der Waals surface area contributed by atoms with E-state index < -0.39 is 20.4 Å². The zero-order valence-corrected chi connectivity index (χ0v) is 9.75. The van der Waals surface area contributed by atoms with E-state index in [1.165, 1.54) is 24.0 Å². The zero-order valence-electron chi connectivity index (χ0n) is 8.18. The van der Waals surface area contributed by atoms with Crippen molar-refractivity contribution < 1.29 is 8.42 Å². The van der Waals surface area contributed by atoms with Crippen molar-refractivity contribution in [3.8, 4) is 0 Å². The molecule has 0 aliphatic heterocycles. The second-order valence-electron chi connectivity index (χ2n) is 3.01. The molecule has 0 aliphatic rings. The van der Waals surface area contributed by atoms with Gasteiger partial charge in [0.15, 0.2) is 0 Å². The molecule has 0 aromatic carbocycles. The van der Waals surface area contributed by atoms with Crippen LogP contribution in [0.2, 0.25) is 0 Å². The van der Waals surface area contributed by atoms with E-state index in [1.54, 1.807) is 0 Å². The Hall–Kier alpha value is -0.880. The molecule has 1 rings (SSSR count). The van der Waals surface area contributed by atoms with Crippen molar-refractivity contribution in [2.45, 2.75) is 11.4 Å². The Kier molecular flexibility index (Phi) is 3.87. The van der Waals surface area contributed by atoms with Gasteiger partial charge in [0.2, 0.25) is 14.9 Å². The zero-order chi connectivity index (χ0) is 11.5. The molecule has 15 heavy (non-hydrogen) atoms. The second-order valence-corrected chi connectivity index (χ2v) is 5.41. The molecule has 5 nitrogen and oxygen atoms in total. The maximum absolute atomic E-state index is 11.6. The summed E-state index contributed by atoms with van der Waals surface area (Å²) in [4.78, 5) is 15.1. The maximum atomic E-state index is 11.6. The first kappa shape index (κ1) is 12.2. The summed E-state index contributed by atoms with van der Waals surface area (Å²) in [5, 5.41) is -0.405. The van der Waals surface area contributed by atoms with E-state index >= 15 is 0 Å². The largest absolute Gasteiger partial charge is 0.315 e. The van der Waals surface area contributed by atoms with Gasteiger partial charge in [-0.2, -0.15) is 0 Å². The summed E-state index contributed by atoms with van der Waals surface area (Å²) in [6.45, 7) is 0. The lowest BCUT2D eigenvalue weighted by Gasteiger charge is -2.02. The maximum Gasteiger partial charge on any atom is 0.288 e. The van der Waals surface area contributed by atoms with E-state index in [-0.39, 0.29) is 11.6 Å². The van der Waals surface area contributed by atoms with Crippen LogP contribution in [0.15, 0.2) is 22.2 Å². The van der Waals surface area contributed by atoms with Crippen molar-refractivity contribution >= 4 is 21.4 Å². The van der Waals surface area contributed by atoms with Crippen LogP contribution in [-0.4, -0.2) is 29.6 Å². The van der Waals surface area contributed by atoms with Crippen molar-refractivity contribution in [1.82, 2.24) is 9.55 Å². The molecule has 0 saturated carbocycles. The molecule has 1 aromatic rings. The summed E-state index contributed by atoms with van der Waals surface area (Å²) < 4.78 is 24.4. The highest BCUT2D eigenvalue weighted by Gasteiger charge is 2.19. The van der Waals surface area contributed by atoms with Crippen LogP contribution in [0.3, 0.4) is 0 Å². The van der Waals surface area contributed by atoms with Crippen LogP contribution in [0, 0.1) is 0 Å². The molecule has 0 unspecified atom stereocenters. The molecule has 1 heterocycles. The SMILES string of the molecule is Cn1ccnc(S(=O)(=O)CCCCl)c1=O. The van der Waals surface area contributed by atoms with Crippen LogP contribution >= 0.6 is 11.6 Å². The molecule has 0 bridgehead atoms. The summed E-state index contributed by atoms with van der Waals surface area (Å²) in [7, 11) is -2.13. The van der Waals surface area contributed by atoms with Gasteiger partial charge in [0.05, 0.1) is 5.75 Å². The Labute approximate surface area is 92.6 Å². The van der Waals surface area contributed by atoms with Gasteiger partial charge in [-0.05, 0) is 6.42 Å². The molecule has 7 heteroatoms. The number of hydrogen-bond donors (Lipinski definition) is 0. The van der Waals surface area contributed by atoms with E-state index in [1.807, 2.05) is 0 Å². The smallest absolute Gasteiger partial charge is 0.288 e. The average molecular weight is 251 g/mol. The summed E-state index contributed by atoms with van der Waals surface area (Å²) in [5.41, 5.74) is -0.605. The number of hydrogen-bond acceptors (Lipinski definition) is 4. The number of aryl methyl sites for hydroxylation is 1. The number of rotatable bonds is 4. The Balaban J connectivity index is 3.17. The van der Waals surface area contributed by atoms with Gasteiger partial charge in [-0.1, -0.05) is 0 Å². The summed E-state index contributed by atoms with van der Waals surface area (Å²) >= 11 is 5.40. The predicted molar refractivity (Wildman–Crippen MR) is 56.9 cm³/mol. The Morgan fingerprint density at radius 3 is 2.80 bits per heavy atom. The highest BCUT2D eigenvalue weighted by Crippen LogP contribution is 2.03. The van der Waals surface area contributed by atoms with Crippen LogP contribution in [0.4, 0.5) is 0 Å². The van der Waals surface area contributed by atoms with Crippen LogP contribution in [0.5, 0.6) is 0 Å². The normalized spacial score (nSPS) is 11.6. The molecule has 0 aliphatic carbocycles. The fourth-order valence-corrected chi connectivity index (χ4v) is 2.67. The molecule has 1 aromatic heterocycles. The quantitative estimate of drug-likeness (QED) is 0.715. The predicted octanol–water partition coefficient (Wildman–Crippen LogP) is 0.183. The van der Waals surface area contributed by atoms with Gasteiger partial charge in [0.25, 0.3) is 5.56 Å². The first-order chi connectivity index (χ1) is 6.99. The minimum absolute atomic E-state index is 0.150. The first-order valence-corrected chi connectivity index (χ1v) is 6.48. The minimum atomic E-state index is -3.60. The van der Waals surface area contributed by atoms with Gasteiger partial charge < -0.3 is 4.57 Å². The van der Waals surface area contributed by atoms with Gasteiger partial charge in [-0.25, -0.2) is 13.4 Å². The number of aromatic nitrogens is 2. The third kappa shape index (κ3) is 2.79. The Morgan fingerprint density at radius 2 is 2.20 bits per heavy atom. The standard InChI is InChI=1S/C8H11ClN2O3S/c1-11-5-4-10-7(8(11)12)15(13,14)6-2-3-9/h4-5H,2-3,6H2,1H3. The minimum Gasteiger partial charge on any atom is -0.315 e. The van der Waals surface area contributed by atoms with E-state index in [0.717, 1.165) is 0 Å². The lowest BCUT2D eigenvalue weighted by Crippen LogP contribution is -2.26. The van der Waals surface area contributed by atoms with Gasteiger partial charge in [0.1, 0.15) is 0 Å². The van der Waals surface area contributed by atoms with Crippen molar-refractivity contribution in [2.75, 3.05) is 11.6 Å². The first-order valence-electron chi connectivity index (χ1n) is 4.29. The van der Waals surface area contributed by atoms with Crippen molar-refractivity contribution in [1.29, 1.82) is 0 Å². The van der Waals surface area contributed by atoms with Crippen molar-refractivity contribution in [3.05, 3.63) is 22.7 Å². The summed E-state index contributed by atoms with van der Waals surface area (Å²) in [5.74, 6) is 0.0924. The number of halogens is 1. The fraction of sp³-hybridized carbons (Fsp3) is 0.500. The van der Waals surface area contributed by atoms with Crippen LogP contribution in [-0.2, 0) is 16.9 Å². The number of nitrogens with zero attached hydrogens (tertiary/aromatic N) is 2. The van der Waals surface area contributed by atoms with Gasteiger partial charge in [0, 0.05) is 25.3 Å². The van der Waals surface area contributed by atoms with Gasteiger partial charge in [-0.15, -0.1) is 11.6 Å². The van der Waals surface area contributed by atoms with Gasteiger partial charge >= 0.3 is 0 Å². The topological polar surface area (TPSA) is 69.0 Å². The fourth-order valence-electron chi connectivity index (χ4n) is 1.03. The molecule has 0 radical (unpaired) electrons. The molecule has 0 atom stereocenters. The van der Waals surface area contributed by atoms with E-state index in [2.05, 4.69) is 4.98 Å². The third-order valence-electron chi connectivity index (χ3n) is 1.83. The van der Waals surface area contributed by atoms with Crippen molar-refractivity contribution in [2.24, 2.45) is 7.05 Å². The molecule has 84 valence electrons. The third-order valence-corrected chi connectivity index (χ3v) is 3.79. The Bertz CT molecular complexity index is 495. The number of alkyl halides is 1. The second kappa shape index (κ2) is 4.76. The molecular formula is C8H11ClN2O3S. The molecular weight excluding hydrogens is 240 g/mol. The summed E-state index contributed by atoms with van der Waals surface area (Å²) in [6.07, 6.45) is 3.00. The average Bonchev–Trinajstić information content (AvgIpc) is 2.19. The lowest BCUT2D eigenvalue weighted by atomic mass is 10.6. The van der Waals surface area contributed by atoms with E-state index in [0.29, 0.717) is 6.42 Å². The van der Waals surface area contributed by atoms with E-state index in [9.17, 15) is 13.2 Å². The van der Waals surface area contributed by atoms with Crippen LogP contribution in [0.25, 0.3) is 0 Å². The molecule has 0 spiro atoms. The van der Waals surface area contributed by atoms with Crippen LogP contribution in [0.1, 0.15) is 6.42 Å². The lowest BCUT2D eigenvalue weighted by molar-refractivity contribution is 0.586. The number of sulfone groups is 1. The van der Waals surface area contributed by atoms with Gasteiger partial charge in [-0.3, -0.25) is 4.79 Å².